The molecule has 0 fully saturated rings. The number of hydrogen-bond donors (Lipinski definition) is 1. The molecule has 3 rings (SSSR count). The van der Waals surface area contributed by atoms with Crippen LogP contribution in [0.5, 0.6) is 17.2 Å². The van der Waals surface area contributed by atoms with Crippen molar-refractivity contribution < 1.29 is 28.9 Å². The summed E-state index contributed by atoms with van der Waals surface area (Å²) < 4.78 is 16.9. The molecule has 0 aliphatic rings. The van der Waals surface area contributed by atoms with E-state index in [1.807, 2.05) is 60.7 Å². The van der Waals surface area contributed by atoms with E-state index in [2.05, 4.69) is 4.98 Å². The van der Waals surface area contributed by atoms with Gasteiger partial charge in [-0.2, -0.15) is 0 Å². The number of aromatic hydroxyl groups is 1. The van der Waals surface area contributed by atoms with Crippen molar-refractivity contribution in [2.75, 3.05) is 7.11 Å². The summed E-state index contributed by atoms with van der Waals surface area (Å²) in [5.74, 6) is -1.27. The number of nitrogens with zero attached hydrogens (tertiary/aromatic N) is 1. The Kier molecular flexibility index (Phi) is 8.62. The number of methoxy groups -OCH3 is 1. The molecule has 7 heteroatoms. The Bertz CT molecular complexity index is 1050. The highest BCUT2D eigenvalue weighted by Crippen LogP contribution is 2.29. The number of carbonyl (C=O) groups excluding carboxylic acids is 2. The fraction of sp³-hybridized carbons (Fsp3) is 0.296. The lowest BCUT2D eigenvalue weighted by Crippen LogP contribution is -2.37. The predicted molar refractivity (Wildman–Crippen MR) is 127 cm³/mol. The van der Waals surface area contributed by atoms with Crippen LogP contribution < -0.4 is 9.47 Å². The molecule has 0 bridgehead atoms. The summed E-state index contributed by atoms with van der Waals surface area (Å²) in [5, 5.41) is 10.2. The van der Waals surface area contributed by atoms with E-state index in [0.29, 0.717) is 12.2 Å². The number of hydrogen-bond acceptors (Lipinski definition) is 7. The van der Waals surface area contributed by atoms with Crippen LogP contribution in [0.15, 0.2) is 72.9 Å². The summed E-state index contributed by atoms with van der Waals surface area (Å²) in [6.45, 7) is 3.38. The number of esters is 1. The first-order valence-electron chi connectivity index (χ1n) is 11.1. The molecule has 0 aliphatic carbocycles. The van der Waals surface area contributed by atoms with Crippen LogP contribution >= 0.6 is 0 Å². The van der Waals surface area contributed by atoms with E-state index in [1.54, 1.807) is 13.8 Å². The van der Waals surface area contributed by atoms with Gasteiger partial charge >= 0.3 is 5.97 Å². The van der Waals surface area contributed by atoms with Crippen LogP contribution in [0.25, 0.3) is 0 Å². The monoisotopic (exact) mass is 463 g/mol. The number of pyridine rings is 1. The predicted octanol–water partition coefficient (Wildman–Crippen LogP) is 4.63. The van der Waals surface area contributed by atoms with E-state index >= 15 is 0 Å². The minimum atomic E-state index is -0.739. The van der Waals surface area contributed by atoms with Gasteiger partial charge in [-0.15, -0.1) is 0 Å². The number of ether oxygens (including phenoxy) is 3. The molecule has 0 spiro atoms. The van der Waals surface area contributed by atoms with Crippen molar-refractivity contribution in [3.05, 3.63) is 84.2 Å². The van der Waals surface area contributed by atoms with Crippen LogP contribution in [-0.2, 0) is 16.0 Å². The zero-order valence-corrected chi connectivity index (χ0v) is 19.5. The Labute approximate surface area is 199 Å². The highest BCUT2D eigenvalue weighted by Gasteiger charge is 2.28. The second-order valence-corrected chi connectivity index (χ2v) is 8.04. The van der Waals surface area contributed by atoms with E-state index in [4.69, 9.17) is 14.2 Å². The average molecular weight is 464 g/mol. The van der Waals surface area contributed by atoms with Gasteiger partial charge < -0.3 is 19.3 Å². The number of para-hydroxylation sites is 1. The van der Waals surface area contributed by atoms with Crippen LogP contribution in [0.1, 0.15) is 36.3 Å². The maximum Gasteiger partial charge on any atom is 0.309 e. The molecule has 34 heavy (non-hydrogen) atoms. The molecular weight excluding hydrogens is 434 g/mol. The van der Waals surface area contributed by atoms with E-state index in [1.165, 1.54) is 19.4 Å². The number of benzene rings is 2. The molecule has 0 amide bonds. The molecule has 1 aromatic heterocycles. The standard InChI is InChI=1S/C27H29NO6/c1-18(16-22(29)25-26(30)23(32-3)14-15-28-25)27(31)33-19(2)24(17-20-10-6-4-7-11-20)34-21-12-8-5-9-13-21/h4-15,18-19,24,30H,16-17H2,1-3H3/t18-,19+,24-/m1/s1. The Morgan fingerprint density at radius 3 is 2.26 bits per heavy atom. The second kappa shape index (κ2) is 11.8. The summed E-state index contributed by atoms with van der Waals surface area (Å²) >= 11 is 0. The van der Waals surface area contributed by atoms with Gasteiger partial charge in [-0.3, -0.25) is 9.59 Å². The van der Waals surface area contributed by atoms with Gasteiger partial charge in [-0.05, 0) is 24.6 Å². The van der Waals surface area contributed by atoms with Gasteiger partial charge in [0, 0.05) is 25.1 Å². The molecule has 7 nitrogen and oxygen atoms in total. The van der Waals surface area contributed by atoms with Gasteiger partial charge in [0.2, 0.25) is 0 Å². The highest BCUT2D eigenvalue weighted by molar-refractivity contribution is 5.99. The minimum absolute atomic E-state index is 0.138. The van der Waals surface area contributed by atoms with Crippen LogP contribution in [0.3, 0.4) is 0 Å². The highest BCUT2D eigenvalue weighted by atomic mass is 16.6. The van der Waals surface area contributed by atoms with Crippen molar-refractivity contribution in [1.82, 2.24) is 4.98 Å². The molecule has 3 atom stereocenters. The maximum atomic E-state index is 12.8. The number of rotatable bonds is 11. The molecule has 1 heterocycles. The van der Waals surface area contributed by atoms with Gasteiger partial charge in [-0.25, -0.2) is 4.98 Å². The maximum absolute atomic E-state index is 12.8. The Morgan fingerprint density at radius 2 is 1.62 bits per heavy atom. The van der Waals surface area contributed by atoms with Crippen LogP contribution in [-0.4, -0.2) is 41.2 Å². The summed E-state index contributed by atoms with van der Waals surface area (Å²) in [5.41, 5.74) is 0.913. The molecule has 178 valence electrons. The molecule has 0 aliphatic heterocycles. The first kappa shape index (κ1) is 24.8. The van der Waals surface area contributed by atoms with Crippen LogP contribution in [0.4, 0.5) is 0 Å². The van der Waals surface area contributed by atoms with Crippen molar-refractivity contribution >= 4 is 11.8 Å². The summed E-state index contributed by atoms with van der Waals surface area (Å²) in [6, 6.07) is 20.6. The second-order valence-electron chi connectivity index (χ2n) is 8.04. The summed E-state index contributed by atoms with van der Waals surface area (Å²) in [6.07, 6.45) is 0.738. The first-order valence-corrected chi connectivity index (χ1v) is 11.1. The fourth-order valence-corrected chi connectivity index (χ4v) is 3.46. The topological polar surface area (TPSA) is 95.0 Å². The summed E-state index contributed by atoms with van der Waals surface area (Å²) in [4.78, 5) is 29.4. The molecule has 1 N–H and O–H groups in total. The molecule has 0 saturated carbocycles. The zero-order chi connectivity index (χ0) is 24.5. The smallest absolute Gasteiger partial charge is 0.309 e. The summed E-state index contributed by atoms with van der Waals surface area (Å²) in [7, 11) is 1.38. The van der Waals surface area contributed by atoms with Gasteiger partial charge in [0.25, 0.3) is 0 Å². The van der Waals surface area contributed by atoms with E-state index in [9.17, 15) is 14.7 Å². The number of ketones is 1. The zero-order valence-electron chi connectivity index (χ0n) is 19.5. The van der Waals surface area contributed by atoms with E-state index in [-0.39, 0.29) is 23.6 Å². The first-order chi connectivity index (χ1) is 16.4. The van der Waals surface area contributed by atoms with Gasteiger partial charge in [-0.1, -0.05) is 55.5 Å². The number of aromatic nitrogens is 1. The largest absolute Gasteiger partial charge is 0.503 e. The van der Waals surface area contributed by atoms with Crippen molar-refractivity contribution in [3.63, 3.8) is 0 Å². The average Bonchev–Trinajstić information content (AvgIpc) is 2.84. The van der Waals surface area contributed by atoms with Gasteiger partial charge in [0.15, 0.2) is 23.0 Å². The van der Waals surface area contributed by atoms with Crippen LogP contribution in [0.2, 0.25) is 0 Å². The van der Waals surface area contributed by atoms with Crippen LogP contribution in [0, 0.1) is 5.92 Å². The molecule has 2 aromatic carbocycles. The third kappa shape index (κ3) is 6.57. The Balaban J connectivity index is 1.67. The van der Waals surface area contributed by atoms with Crippen molar-refractivity contribution in [3.8, 4) is 17.2 Å². The lowest BCUT2D eigenvalue weighted by atomic mass is 10.0. The Hall–Kier alpha value is -3.87. The quantitative estimate of drug-likeness (QED) is 0.327. The third-order valence-corrected chi connectivity index (χ3v) is 5.40. The minimum Gasteiger partial charge on any atom is -0.503 e. The molecule has 0 saturated heterocycles. The molecule has 3 aromatic rings. The number of Topliss-reactive ketones (excluding diaryl/α,β-unsaturated/α-hetero) is 1. The van der Waals surface area contributed by atoms with Gasteiger partial charge in [0.1, 0.15) is 18.0 Å². The third-order valence-electron chi connectivity index (χ3n) is 5.40. The van der Waals surface area contributed by atoms with Crippen molar-refractivity contribution in [2.24, 2.45) is 5.92 Å². The molecule has 0 unspecified atom stereocenters. The van der Waals surface area contributed by atoms with Crippen molar-refractivity contribution in [2.45, 2.75) is 38.9 Å². The SMILES string of the molecule is COc1ccnc(C(=O)C[C@@H](C)C(=O)O[C@@H](C)[C@@H](Cc2ccccc2)Oc2ccccc2)c1O. The molecule has 0 radical (unpaired) electrons. The lowest BCUT2D eigenvalue weighted by molar-refractivity contribution is -0.157. The lowest BCUT2D eigenvalue weighted by Gasteiger charge is -2.26. The van der Waals surface area contributed by atoms with E-state index in [0.717, 1.165) is 5.56 Å². The number of carbonyl (C=O) groups is 2. The Morgan fingerprint density at radius 1 is 0.971 bits per heavy atom. The van der Waals surface area contributed by atoms with E-state index < -0.39 is 29.9 Å². The van der Waals surface area contributed by atoms with Gasteiger partial charge in [0.05, 0.1) is 13.0 Å². The normalized spacial score (nSPS) is 13.4. The fourth-order valence-electron chi connectivity index (χ4n) is 3.46. The van der Waals surface area contributed by atoms with Crippen molar-refractivity contribution in [1.29, 1.82) is 0 Å². The molecular formula is C27H29NO6.